The Labute approximate surface area is 140 Å². The highest BCUT2D eigenvalue weighted by molar-refractivity contribution is 6.30. The number of carbonyl (C=O) groups excluding carboxylic acids is 1. The van der Waals surface area contributed by atoms with Crippen LogP contribution in [-0.2, 0) is 12.8 Å². The molecule has 2 aliphatic rings. The van der Waals surface area contributed by atoms with Gasteiger partial charge in [0.25, 0.3) is 5.91 Å². The van der Waals surface area contributed by atoms with Crippen LogP contribution in [0.15, 0.2) is 24.3 Å². The van der Waals surface area contributed by atoms with E-state index in [0.29, 0.717) is 18.8 Å². The zero-order valence-corrected chi connectivity index (χ0v) is 13.6. The Morgan fingerprint density at radius 1 is 1.17 bits per heavy atom. The van der Waals surface area contributed by atoms with Crippen molar-refractivity contribution in [2.45, 2.75) is 19.3 Å². The number of piperazine rings is 1. The molecule has 1 fully saturated rings. The van der Waals surface area contributed by atoms with E-state index < -0.39 is 0 Å². The van der Waals surface area contributed by atoms with Crippen molar-refractivity contribution in [1.82, 2.24) is 15.1 Å². The molecule has 0 unspecified atom stereocenters. The summed E-state index contributed by atoms with van der Waals surface area (Å²) in [6.07, 6.45) is 3.10. The van der Waals surface area contributed by atoms with Gasteiger partial charge in [0.15, 0.2) is 5.69 Å². The van der Waals surface area contributed by atoms with Crippen LogP contribution in [0.4, 0.5) is 5.69 Å². The van der Waals surface area contributed by atoms with Gasteiger partial charge in [0, 0.05) is 48.1 Å². The number of hydrogen-bond acceptors (Lipinski definition) is 3. The maximum absolute atomic E-state index is 12.7. The van der Waals surface area contributed by atoms with Crippen LogP contribution in [0.1, 0.15) is 28.2 Å². The van der Waals surface area contributed by atoms with E-state index in [1.54, 1.807) is 0 Å². The molecule has 1 aromatic carbocycles. The monoisotopic (exact) mass is 330 g/mol. The summed E-state index contributed by atoms with van der Waals surface area (Å²) in [7, 11) is 0. The molecular weight excluding hydrogens is 312 g/mol. The maximum Gasteiger partial charge on any atom is 0.274 e. The minimum absolute atomic E-state index is 0.0649. The number of carbonyl (C=O) groups is 1. The van der Waals surface area contributed by atoms with Crippen LogP contribution in [0.25, 0.3) is 0 Å². The zero-order chi connectivity index (χ0) is 15.8. The average molecular weight is 331 g/mol. The lowest BCUT2D eigenvalue weighted by atomic mass is 10.1. The Kier molecular flexibility index (Phi) is 3.73. The van der Waals surface area contributed by atoms with Crippen LogP contribution in [0.2, 0.25) is 5.02 Å². The van der Waals surface area contributed by atoms with E-state index in [4.69, 9.17) is 11.6 Å². The standard InChI is InChI=1S/C17H19ClN4O/c18-12-3-1-4-13(11-12)21-7-9-22(10-8-21)17(23)16-14-5-2-6-15(14)19-20-16/h1,3-4,11H,2,5-10H2,(H,19,20). The van der Waals surface area contributed by atoms with Gasteiger partial charge < -0.3 is 9.80 Å². The van der Waals surface area contributed by atoms with Crippen molar-refractivity contribution in [1.29, 1.82) is 0 Å². The Morgan fingerprint density at radius 2 is 2.00 bits per heavy atom. The molecule has 23 heavy (non-hydrogen) atoms. The van der Waals surface area contributed by atoms with Crippen LogP contribution in [0.3, 0.4) is 0 Å². The predicted octanol–water partition coefficient (Wildman–Crippen LogP) is 2.51. The largest absolute Gasteiger partial charge is 0.368 e. The number of aryl methyl sites for hydroxylation is 1. The number of anilines is 1. The van der Waals surface area contributed by atoms with E-state index >= 15 is 0 Å². The maximum atomic E-state index is 12.7. The molecule has 6 heteroatoms. The first kappa shape index (κ1) is 14.6. The van der Waals surface area contributed by atoms with Crippen molar-refractivity contribution in [3.05, 3.63) is 46.2 Å². The lowest BCUT2D eigenvalue weighted by molar-refractivity contribution is 0.0739. The molecule has 2 aromatic rings. The quantitative estimate of drug-likeness (QED) is 0.920. The second kappa shape index (κ2) is 5.89. The van der Waals surface area contributed by atoms with E-state index in [1.807, 2.05) is 23.1 Å². The van der Waals surface area contributed by atoms with Crippen LogP contribution < -0.4 is 4.90 Å². The summed E-state index contributed by atoms with van der Waals surface area (Å²) in [5.41, 5.74) is 4.03. The Balaban J connectivity index is 1.44. The first-order valence-corrected chi connectivity index (χ1v) is 8.46. The molecule has 2 heterocycles. The van der Waals surface area contributed by atoms with Crippen molar-refractivity contribution in [3.63, 3.8) is 0 Å². The first-order valence-electron chi connectivity index (χ1n) is 8.08. The van der Waals surface area contributed by atoms with Gasteiger partial charge in [-0.3, -0.25) is 9.89 Å². The molecule has 0 saturated carbocycles. The Bertz CT molecular complexity index is 734. The van der Waals surface area contributed by atoms with E-state index in [9.17, 15) is 4.79 Å². The molecular formula is C17H19ClN4O. The third kappa shape index (κ3) is 2.70. The number of nitrogens with zero attached hydrogens (tertiary/aromatic N) is 3. The van der Waals surface area contributed by atoms with Crippen molar-refractivity contribution in [3.8, 4) is 0 Å². The smallest absolute Gasteiger partial charge is 0.274 e. The number of H-pyrrole nitrogens is 1. The van der Waals surface area contributed by atoms with Gasteiger partial charge in [-0.2, -0.15) is 5.10 Å². The summed E-state index contributed by atoms with van der Waals surface area (Å²) in [4.78, 5) is 16.9. The summed E-state index contributed by atoms with van der Waals surface area (Å²) < 4.78 is 0. The van der Waals surface area contributed by atoms with Crippen molar-refractivity contribution in [2.24, 2.45) is 0 Å². The number of amides is 1. The Hall–Kier alpha value is -2.01. The zero-order valence-electron chi connectivity index (χ0n) is 12.9. The molecule has 1 aliphatic carbocycles. The summed E-state index contributed by atoms with van der Waals surface area (Å²) >= 11 is 6.06. The van der Waals surface area contributed by atoms with Gasteiger partial charge in [0.2, 0.25) is 0 Å². The molecule has 120 valence electrons. The molecule has 1 aromatic heterocycles. The van der Waals surface area contributed by atoms with Gasteiger partial charge in [-0.15, -0.1) is 0 Å². The third-order valence-electron chi connectivity index (χ3n) is 4.75. The molecule has 0 spiro atoms. The molecule has 5 nitrogen and oxygen atoms in total. The average Bonchev–Trinajstić information content (AvgIpc) is 3.18. The van der Waals surface area contributed by atoms with Crippen molar-refractivity contribution < 1.29 is 4.79 Å². The molecule has 0 bridgehead atoms. The second-order valence-electron chi connectivity index (χ2n) is 6.14. The molecule has 1 N–H and O–H groups in total. The molecule has 1 amide bonds. The van der Waals surface area contributed by atoms with E-state index in [1.165, 1.54) is 0 Å². The molecule has 1 aliphatic heterocycles. The third-order valence-corrected chi connectivity index (χ3v) is 4.98. The highest BCUT2D eigenvalue weighted by atomic mass is 35.5. The van der Waals surface area contributed by atoms with E-state index in [0.717, 1.165) is 54.3 Å². The first-order chi connectivity index (χ1) is 11.2. The number of hydrogen-bond donors (Lipinski definition) is 1. The number of aromatic amines is 1. The molecule has 0 atom stereocenters. The van der Waals surface area contributed by atoms with Crippen molar-refractivity contribution >= 4 is 23.2 Å². The van der Waals surface area contributed by atoms with Gasteiger partial charge in [0.05, 0.1) is 0 Å². The van der Waals surface area contributed by atoms with Gasteiger partial charge >= 0.3 is 0 Å². The normalized spacial score (nSPS) is 17.4. The number of nitrogens with one attached hydrogen (secondary N) is 1. The van der Waals surface area contributed by atoms with Crippen LogP contribution in [0.5, 0.6) is 0 Å². The van der Waals surface area contributed by atoms with Gasteiger partial charge in [-0.05, 0) is 37.5 Å². The minimum Gasteiger partial charge on any atom is -0.368 e. The highest BCUT2D eigenvalue weighted by Gasteiger charge is 2.28. The SMILES string of the molecule is O=C(c1n[nH]c2c1CCC2)N1CCN(c2cccc(Cl)c2)CC1. The lowest BCUT2D eigenvalue weighted by Crippen LogP contribution is -2.49. The fraction of sp³-hybridized carbons (Fsp3) is 0.412. The number of rotatable bonds is 2. The van der Waals surface area contributed by atoms with Crippen LogP contribution >= 0.6 is 11.6 Å². The second-order valence-corrected chi connectivity index (χ2v) is 6.58. The number of fused-ring (bicyclic) bond motifs is 1. The molecule has 0 radical (unpaired) electrons. The summed E-state index contributed by atoms with van der Waals surface area (Å²) in [5.74, 6) is 0.0649. The molecule has 4 rings (SSSR count). The highest BCUT2D eigenvalue weighted by Crippen LogP contribution is 2.25. The van der Waals surface area contributed by atoms with Gasteiger partial charge in [-0.25, -0.2) is 0 Å². The van der Waals surface area contributed by atoms with Crippen molar-refractivity contribution in [2.75, 3.05) is 31.1 Å². The fourth-order valence-corrected chi connectivity index (χ4v) is 3.67. The lowest BCUT2D eigenvalue weighted by Gasteiger charge is -2.36. The predicted molar refractivity (Wildman–Crippen MR) is 90.2 cm³/mol. The number of halogens is 1. The molecule has 1 saturated heterocycles. The van der Waals surface area contributed by atoms with Gasteiger partial charge in [0.1, 0.15) is 0 Å². The number of benzene rings is 1. The topological polar surface area (TPSA) is 52.2 Å². The van der Waals surface area contributed by atoms with E-state index in [2.05, 4.69) is 21.2 Å². The summed E-state index contributed by atoms with van der Waals surface area (Å²) in [6.45, 7) is 3.07. The minimum atomic E-state index is 0.0649. The summed E-state index contributed by atoms with van der Waals surface area (Å²) in [6, 6.07) is 7.87. The van der Waals surface area contributed by atoms with Gasteiger partial charge in [-0.1, -0.05) is 17.7 Å². The Morgan fingerprint density at radius 3 is 2.78 bits per heavy atom. The summed E-state index contributed by atoms with van der Waals surface area (Å²) in [5, 5.41) is 8.02. The van der Waals surface area contributed by atoms with E-state index in [-0.39, 0.29) is 5.91 Å². The number of aromatic nitrogens is 2. The fourth-order valence-electron chi connectivity index (χ4n) is 3.49. The van der Waals surface area contributed by atoms with Crippen LogP contribution in [0, 0.1) is 0 Å². The van der Waals surface area contributed by atoms with Crippen LogP contribution in [-0.4, -0.2) is 47.2 Å².